The number of anilines is 2. The van der Waals surface area contributed by atoms with Gasteiger partial charge in [-0.25, -0.2) is 54.4 Å². The number of amides is 4. The van der Waals surface area contributed by atoms with Crippen LogP contribution in [0.1, 0.15) is 53.0 Å². The Morgan fingerprint density at radius 1 is 0.762 bits per heavy atom. The molecule has 0 fully saturated rings. The highest BCUT2D eigenvalue weighted by molar-refractivity contribution is 7.90. The molecule has 0 aliphatic carbocycles. The first-order valence-corrected chi connectivity index (χ1v) is 26.4. The van der Waals surface area contributed by atoms with Crippen molar-refractivity contribution >= 4 is 79.1 Å². The van der Waals surface area contributed by atoms with E-state index >= 15 is 0 Å². The van der Waals surface area contributed by atoms with Gasteiger partial charge in [0.25, 0.3) is 20.0 Å². The van der Waals surface area contributed by atoms with E-state index in [-0.39, 0.29) is 63.0 Å². The van der Waals surface area contributed by atoms with Gasteiger partial charge in [0.05, 0.1) is 30.2 Å². The summed E-state index contributed by atoms with van der Waals surface area (Å²) in [4.78, 5) is 75.5. The zero-order valence-corrected chi connectivity index (χ0v) is 45.8. The second kappa shape index (κ2) is 29.5. The Hall–Kier alpha value is -8.65. The average Bonchev–Trinajstić information content (AvgIpc) is 2.55. The Morgan fingerprint density at radius 3 is 1.81 bits per heavy atom. The third-order valence-electron chi connectivity index (χ3n) is 9.72. The number of rotatable bonds is 20. The second-order valence-electron chi connectivity index (χ2n) is 15.7. The molecule has 3 heterocycles. The first-order valence-electron chi connectivity index (χ1n) is 22.6. The number of carboxylic acid groups (broad SMARTS) is 1. The molecule has 0 saturated carbocycles. The minimum absolute atomic E-state index is 0.0424. The van der Waals surface area contributed by atoms with Crippen molar-refractivity contribution in [2.24, 2.45) is 0 Å². The van der Waals surface area contributed by atoms with Gasteiger partial charge >= 0.3 is 61.6 Å². The van der Waals surface area contributed by atoms with E-state index in [1.807, 2.05) is 0 Å². The van der Waals surface area contributed by atoms with Crippen molar-refractivity contribution in [2.75, 3.05) is 24.4 Å². The maximum atomic E-state index is 14.2. The molecule has 3 aromatic heterocycles. The summed E-state index contributed by atoms with van der Waals surface area (Å²) in [6.07, 6.45) is -6.31. The number of aryl methyl sites for hydroxylation is 3. The second-order valence-corrected chi connectivity index (χ2v) is 19.9. The molecule has 3 aromatic carbocycles. The summed E-state index contributed by atoms with van der Waals surface area (Å²) in [6, 6.07) is 9.06. The average molecular weight is 1290 g/mol. The van der Waals surface area contributed by atoms with Gasteiger partial charge in [-0.1, -0.05) is 41.9 Å². The summed E-state index contributed by atoms with van der Waals surface area (Å²) in [5, 5.41) is 15.4. The van der Waals surface area contributed by atoms with Crippen LogP contribution in [0.15, 0.2) is 81.3 Å². The molecule has 6 aromatic rings. The van der Waals surface area contributed by atoms with Crippen LogP contribution in [0.4, 0.5) is 65.4 Å². The number of nitrogens with one attached hydrogen (secondary N) is 4. The maximum absolute atomic E-state index is 14.2. The van der Waals surface area contributed by atoms with Crippen molar-refractivity contribution in [1.82, 2.24) is 48.7 Å². The van der Waals surface area contributed by atoms with Gasteiger partial charge in [0.2, 0.25) is 23.7 Å². The molecule has 6 rings (SSSR count). The molecule has 456 valence electrons. The predicted molar refractivity (Wildman–Crippen MR) is 268 cm³/mol. The van der Waals surface area contributed by atoms with Gasteiger partial charge in [-0.15, -0.1) is 16.7 Å². The van der Waals surface area contributed by atoms with Gasteiger partial charge in [-0.3, -0.25) is 15.4 Å². The van der Waals surface area contributed by atoms with Crippen molar-refractivity contribution in [2.45, 2.75) is 81.2 Å². The van der Waals surface area contributed by atoms with Crippen molar-refractivity contribution in [3.63, 3.8) is 0 Å². The van der Waals surface area contributed by atoms with Crippen LogP contribution in [0.3, 0.4) is 0 Å². The number of nitrogens with zero attached hydrogens (tertiary/aromatic N) is 8. The molecule has 0 saturated heterocycles. The van der Waals surface area contributed by atoms with Gasteiger partial charge in [-0.2, -0.15) is 69.1 Å². The monoisotopic (exact) mass is 1280 g/mol. The van der Waals surface area contributed by atoms with Crippen LogP contribution in [0, 0.1) is 19.7 Å². The first-order chi connectivity index (χ1) is 39.1. The summed E-state index contributed by atoms with van der Waals surface area (Å²) in [5.41, 5.74) is -2.08. The largest absolute Gasteiger partial charge is 0.478 e. The summed E-state index contributed by atoms with van der Waals surface area (Å²) in [6.45, 7) is -5.51. The lowest BCUT2D eigenvalue weighted by Gasteiger charge is -2.13. The van der Waals surface area contributed by atoms with E-state index in [0.29, 0.717) is 10.7 Å². The quantitative estimate of drug-likeness (QED) is 0.0284. The molecule has 1 atom stereocenters. The predicted octanol–water partition coefficient (Wildman–Crippen LogP) is 7.32. The minimum Gasteiger partial charge on any atom is -0.478 e. The number of alkyl halides is 10. The zero-order valence-electron chi connectivity index (χ0n) is 42.7. The number of urea groups is 2. The molecule has 0 aliphatic rings. The minimum atomic E-state index is -4.71. The summed E-state index contributed by atoms with van der Waals surface area (Å²) < 4.78 is 197. The summed E-state index contributed by atoms with van der Waals surface area (Å²) in [5.74, 6) is -6.43. The number of hydrogen-bond acceptors (Lipinski definition) is 19. The van der Waals surface area contributed by atoms with E-state index in [1.165, 1.54) is 56.0 Å². The Morgan fingerprint density at radius 2 is 1.30 bits per heavy atom. The molecule has 4 amide bonds. The van der Waals surface area contributed by atoms with Crippen LogP contribution >= 0.6 is 23.2 Å². The number of esters is 1. The Bertz CT molecular complexity index is 3620. The lowest BCUT2D eigenvalue weighted by atomic mass is 10.1. The van der Waals surface area contributed by atoms with Gasteiger partial charge in [0, 0.05) is 17.9 Å². The maximum Gasteiger partial charge on any atom is 0.389 e. The Labute approximate surface area is 475 Å². The number of ether oxygens (including phenoxy) is 4. The molecule has 26 nitrogen and oxygen atoms in total. The molecule has 0 bridgehead atoms. The number of halogens is 12. The van der Waals surface area contributed by atoms with Gasteiger partial charge in [0.15, 0.2) is 5.82 Å². The van der Waals surface area contributed by atoms with Crippen LogP contribution in [0.5, 0.6) is 17.8 Å². The number of sulfonamides is 2. The highest BCUT2D eigenvalue weighted by atomic mass is 35.5. The Balaban J connectivity index is 0.000000271. The number of methoxy groups -OCH3 is 1. The zero-order chi connectivity index (χ0) is 63.0. The highest BCUT2D eigenvalue weighted by Crippen LogP contribution is 2.28. The normalized spacial score (nSPS) is 11.8. The Kier molecular flexibility index (Phi) is 23.9. The SMILES string of the molecule is CCOC(=O)C(Cl)Cc1cc(-n2nc(C)n(C(F)F)c2=O)c(F)cc1Cl.COc1nc(C)nc(NC(=O)NS(=O)(=O)c2ccccc2CCC(F)(F)F)n1.O=C(Nc1nc(OC(F)F)cc(OC(F)F)n1)NS(=O)(=O)c1ccccc1C(=O)O. The van der Waals surface area contributed by atoms with E-state index in [2.05, 4.69) is 44.8 Å². The summed E-state index contributed by atoms with van der Waals surface area (Å²) in [7, 11) is -7.86. The van der Waals surface area contributed by atoms with Crippen molar-refractivity contribution in [3.8, 4) is 23.5 Å². The first kappa shape index (κ1) is 67.9. The van der Waals surface area contributed by atoms with Gasteiger partial charge < -0.3 is 24.1 Å². The highest BCUT2D eigenvalue weighted by Gasteiger charge is 2.30. The van der Waals surface area contributed by atoms with E-state index in [9.17, 15) is 84.7 Å². The van der Waals surface area contributed by atoms with Crippen LogP contribution in [0.25, 0.3) is 5.69 Å². The van der Waals surface area contributed by atoms with Crippen LogP contribution < -0.4 is 40.0 Å². The van der Waals surface area contributed by atoms with Crippen LogP contribution in [-0.2, 0) is 42.4 Å². The molecule has 40 heteroatoms. The molecular weight excluding hydrogens is 1250 g/mol. The van der Waals surface area contributed by atoms with E-state index in [0.717, 1.165) is 30.3 Å². The van der Waals surface area contributed by atoms with Gasteiger partial charge in [0.1, 0.15) is 27.6 Å². The number of carboxylic acids is 1. The number of carbonyl (C=O) groups is 4. The number of aromatic nitrogens is 8. The fourth-order valence-corrected chi connectivity index (χ4v) is 9.11. The van der Waals surface area contributed by atoms with Gasteiger partial charge in [-0.05, 0) is 68.7 Å². The number of carbonyl (C=O) groups excluding carboxylic acids is 3. The topological polar surface area (TPSA) is 346 Å². The molecule has 0 aliphatic heterocycles. The van der Waals surface area contributed by atoms with E-state index in [4.69, 9.17) is 37.8 Å². The molecule has 5 N–H and O–H groups in total. The fraction of sp³-hybridized carbons (Fsp3) is 0.295. The fourth-order valence-electron chi connectivity index (χ4n) is 6.37. The van der Waals surface area contributed by atoms with Crippen LogP contribution in [0.2, 0.25) is 5.02 Å². The molecular formula is C44H40Cl2F10N12O14S2. The number of hydrogen-bond donors (Lipinski definition) is 5. The van der Waals surface area contributed by atoms with E-state index < -0.39 is 133 Å². The van der Waals surface area contributed by atoms with Crippen molar-refractivity contribution in [1.29, 1.82) is 0 Å². The summed E-state index contributed by atoms with van der Waals surface area (Å²) >= 11 is 11.9. The number of benzene rings is 3. The molecule has 84 heavy (non-hydrogen) atoms. The lowest BCUT2D eigenvalue weighted by Crippen LogP contribution is -2.35. The molecule has 1 unspecified atom stereocenters. The third-order valence-corrected chi connectivity index (χ3v) is 13.2. The molecule has 0 radical (unpaired) electrons. The van der Waals surface area contributed by atoms with Crippen molar-refractivity contribution in [3.05, 3.63) is 116 Å². The standard InChI is InChI=1S/C15H14Cl2F3N3O3.C15H16F3N5O4S.C14H10F4N4O7S/c1-3-26-13(24)10(17)4-8-5-12(11(18)6-9(8)16)23-15(25)22(14(19)20)7(2)21-23;1-9-19-12(22-14(20-9)27-2)21-13(24)23-28(25,26)11-6-4-3-5-10(11)7-8-15(16,17)18;15-11(16)28-8-5-9(29-12(17)18)20-13(19-8)21-14(25)22-30(26,27)7-4-2-1-3-6(7)10(23)24/h5-6,10,14H,3-4H2,1-2H3;3-6H,7-8H2,1-2H3,(H2,19,20,21,22,23,24);1-5,11-12H,(H,23,24)(H2,19,20,21,22,25). The third kappa shape index (κ3) is 20.1. The van der Waals surface area contributed by atoms with Crippen LogP contribution in [-0.4, -0.2) is 124 Å². The number of aromatic carboxylic acids is 1. The smallest absolute Gasteiger partial charge is 0.389 e. The molecule has 0 spiro atoms. The van der Waals surface area contributed by atoms with E-state index in [1.54, 1.807) is 17.0 Å². The lowest BCUT2D eigenvalue weighted by molar-refractivity contribution is -0.142. The van der Waals surface area contributed by atoms with Crippen molar-refractivity contribution < 1.29 is 104 Å².